The number of nitrogens with one attached hydrogen (secondary N) is 1. The summed E-state index contributed by atoms with van der Waals surface area (Å²) in [5.74, 6) is 0.129. The first kappa shape index (κ1) is 22.3. The lowest BCUT2D eigenvalue weighted by molar-refractivity contribution is -0.938. The van der Waals surface area contributed by atoms with E-state index in [9.17, 15) is 9.59 Å². The molecule has 2 bridgehead atoms. The van der Waals surface area contributed by atoms with Crippen LogP contribution < -0.4 is 5.32 Å². The fraction of sp³-hybridized carbons (Fsp3) is 0.321. The van der Waals surface area contributed by atoms with Crippen LogP contribution in [0.1, 0.15) is 34.9 Å². The number of carbonyl (C=O) groups is 2. The van der Waals surface area contributed by atoms with E-state index >= 15 is 0 Å². The summed E-state index contributed by atoms with van der Waals surface area (Å²) >= 11 is 0. The second-order valence-corrected chi connectivity index (χ2v) is 9.43. The maximum absolute atomic E-state index is 13.5. The van der Waals surface area contributed by atoms with Gasteiger partial charge < -0.3 is 14.5 Å². The van der Waals surface area contributed by atoms with Gasteiger partial charge in [0, 0.05) is 30.6 Å². The summed E-state index contributed by atoms with van der Waals surface area (Å²) in [4.78, 5) is 30.6. The van der Waals surface area contributed by atoms with Crippen LogP contribution in [0.2, 0.25) is 0 Å². The zero-order valence-electron chi connectivity index (χ0n) is 19.2. The second kappa shape index (κ2) is 9.77. The predicted molar refractivity (Wildman–Crippen MR) is 130 cm³/mol. The SMILES string of the molecule is O=C(C[N+]12CCC(CC1)C(OC(=O)C(Nc1ccccc1)c1ccccc1)C2)c1ccccn1. The highest BCUT2D eigenvalue weighted by molar-refractivity contribution is 5.95. The first-order valence-corrected chi connectivity index (χ1v) is 12.0. The average Bonchev–Trinajstić information content (AvgIpc) is 2.89. The number of quaternary nitrogens is 1. The number of piperidine rings is 3. The average molecular weight is 457 g/mol. The molecule has 6 heteroatoms. The van der Waals surface area contributed by atoms with Gasteiger partial charge in [-0.3, -0.25) is 9.78 Å². The van der Waals surface area contributed by atoms with Crippen LogP contribution in [0.4, 0.5) is 5.69 Å². The van der Waals surface area contributed by atoms with Gasteiger partial charge in [0.2, 0.25) is 5.78 Å². The molecular weight excluding hydrogens is 426 g/mol. The van der Waals surface area contributed by atoms with Gasteiger partial charge in [-0.25, -0.2) is 4.79 Å². The molecule has 3 saturated heterocycles. The van der Waals surface area contributed by atoms with Crippen molar-refractivity contribution >= 4 is 17.4 Å². The maximum atomic E-state index is 13.5. The van der Waals surface area contributed by atoms with E-state index in [2.05, 4.69) is 10.3 Å². The van der Waals surface area contributed by atoms with Crippen molar-refractivity contribution in [2.24, 2.45) is 5.92 Å². The molecule has 3 aliphatic rings. The number of nitrogens with zero attached hydrogens (tertiary/aromatic N) is 2. The molecule has 3 fully saturated rings. The van der Waals surface area contributed by atoms with Crippen molar-refractivity contribution in [2.75, 3.05) is 31.5 Å². The van der Waals surface area contributed by atoms with Crippen LogP contribution in [-0.4, -0.2) is 53.5 Å². The Morgan fingerprint density at radius 3 is 2.29 bits per heavy atom. The first-order chi connectivity index (χ1) is 16.6. The predicted octanol–water partition coefficient (Wildman–Crippen LogP) is 4.27. The van der Waals surface area contributed by atoms with Gasteiger partial charge in [0.25, 0.3) is 0 Å². The molecule has 3 aliphatic heterocycles. The third-order valence-electron chi connectivity index (χ3n) is 7.19. The molecule has 6 rings (SSSR count). The molecule has 0 aliphatic carbocycles. The minimum Gasteiger partial charge on any atom is -0.454 e. The Balaban J connectivity index is 1.31. The van der Waals surface area contributed by atoms with Crippen LogP contribution in [0.5, 0.6) is 0 Å². The van der Waals surface area contributed by atoms with Crippen molar-refractivity contribution in [1.82, 2.24) is 4.98 Å². The van der Waals surface area contributed by atoms with Crippen LogP contribution in [0.15, 0.2) is 85.1 Å². The van der Waals surface area contributed by atoms with Gasteiger partial charge in [-0.15, -0.1) is 0 Å². The highest BCUT2D eigenvalue weighted by Crippen LogP contribution is 2.36. The Hall–Kier alpha value is -3.51. The summed E-state index contributed by atoms with van der Waals surface area (Å²) in [6.07, 6.45) is 3.41. The molecule has 1 aromatic heterocycles. The lowest BCUT2D eigenvalue weighted by Gasteiger charge is -2.51. The summed E-state index contributed by atoms with van der Waals surface area (Å²) in [5, 5.41) is 3.35. The number of benzene rings is 2. The number of fused-ring (bicyclic) bond motifs is 3. The number of anilines is 1. The smallest absolute Gasteiger partial charge is 0.333 e. The number of rotatable bonds is 8. The number of hydrogen-bond acceptors (Lipinski definition) is 5. The van der Waals surface area contributed by atoms with Crippen molar-refractivity contribution in [3.05, 3.63) is 96.3 Å². The van der Waals surface area contributed by atoms with E-state index in [0.717, 1.165) is 37.2 Å². The second-order valence-electron chi connectivity index (χ2n) is 9.43. The lowest BCUT2D eigenvalue weighted by atomic mass is 9.83. The molecule has 3 aromatic rings. The number of ether oxygens (including phenoxy) is 1. The van der Waals surface area contributed by atoms with Crippen LogP contribution in [0.25, 0.3) is 0 Å². The first-order valence-electron chi connectivity index (χ1n) is 12.0. The molecule has 0 radical (unpaired) electrons. The molecule has 2 aromatic carbocycles. The van der Waals surface area contributed by atoms with Crippen molar-refractivity contribution < 1.29 is 18.8 Å². The number of carbonyl (C=O) groups excluding carboxylic acids is 2. The minimum absolute atomic E-state index is 0.0546. The Morgan fingerprint density at radius 2 is 1.62 bits per heavy atom. The molecule has 2 atom stereocenters. The molecule has 0 amide bonds. The summed E-state index contributed by atoms with van der Waals surface area (Å²) in [6, 6.07) is 24.2. The molecular formula is C28H30N3O3+. The van der Waals surface area contributed by atoms with E-state index in [1.54, 1.807) is 12.3 Å². The van der Waals surface area contributed by atoms with Crippen molar-refractivity contribution in [3.63, 3.8) is 0 Å². The molecule has 0 spiro atoms. The molecule has 34 heavy (non-hydrogen) atoms. The van der Waals surface area contributed by atoms with E-state index in [4.69, 9.17) is 4.74 Å². The molecule has 4 heterocycles. The number of hydrogen-bond donors (Lipinski definition) is 1. The molecule has 0 saturated carbocycles. The topological polar surface area (TPSA) is 68.3 Å². The normalized spacial score (nSPS) is 24.2. The van der Waals surface area contributed by atoms with Crippen LogP contribution >= 0.6 is 0 Å². The van der Waals surface area contributed by atoms with E-state index in [-0.39, 0.29) is 17.9 Å². The minimum atomic E-state index is -0.595. The lowest BCUT2D eigenvalue weighted by Crippen LogP contribution is -2.65. The van der Waals surface area contributed by atoms with Gasteiger partial charge in [0.05, 0.1) is 13.1 Å². The van der Waals surface area contributed by atoms with Crippen molar-refractivity contribution in [1.29, 1.82) is 0 Å². The van der Waals surface area contributed by atoms with E-state index in [1.807, 2.05) is 72.8 Å². The van der Waals surface area contributed by atoms with Gasteiger partial charge in [-0.2, -0.15) is 0 Å². The summed E-state index contributed by atoms with van der Waals surface area (Å²) in [7, 11) is 0. The quantitative estimate of drug-likeness (QED) is 0.312. The highest BCUT2D eigenvalue weighted by atomic mass is 16.5. The zero-order valence-corrected chi connectivity index (χ0v) is 19.2. The van der Waals surface area contributed by atoms with Crippen LogP contribution in [-0.2, 0) is 9.53 Å². The number of para-hydroxylation sites is 1. The monoisotopic (exact) mass is 456 g/mol. The molecule has 174 valence electrons. The number of ketones is 1. The largest absolute Gasteiger partial charge is 0.454 e. The maximum Gasteiger partial charge on any atom is 0.333 e. The van der Waals surface area contributed by atoms with Gasteiger partial charge >= 0.3 is 5.97 Å². The van der Waals surface area contributed by atoms with Crippen LogP contribution in [0, 0.1) is 5.92 Å². The van der Waals surface area contributed by atoms with Crippen molar-refractivity contribution in [3.8, 4) is 0 Å². The number of aromatic nitrogens is 1. The fourth-order valence-corrected chi connectivity index (χ4v) is 5.33. The van der Waals surface area contributed by atoms with Crippen LogP contribution in [0.3, 0.4) is 0 Å². The fourth-order valence-electron chi connectivity index (χ4n) is 5.33. The summed E-state index contributed by atoms with van der Waals surface area (Å²) < 4.78 is 6.85. The van der Waals surface area contributed by atoms with Gasteiger partial charge in [0.15, 0.2) is 12.1 Å². The van der Waals surface area contributed by atoms with E-state index in [0.29, 0.717) is 29.2 Å². The van der Waals surface area contributed by atoms with Gasteiger partial charge in [-0.05, 0) is 29.8 Å². The third-order valence-corrected chi connectivity index (χ3v) is 7.19. The highest BCUT2D eigenvalue weighted by Gasteiger charge is 2.49. The zero-order chi connectivity index (χ0) is 23.4. The molecule has 6 nitrogen and oxygen atoms in total. The standard InChI is InChI=1S/C28H30N3O3/c32-25(24-13-7-8-16-29-24)19-31-17-14-21(15-18-31)26(20-31)34-28(33)27(22-9-3-1-4-10-22)30-23-11-5-2-6-12-23/h1-13,16,21,26-27,30H,14-15,17-20H2/q+1. The summed E-state index contributed by atoms with van der Waals surface area (Å²) in [5.41, 5.74) is 2.24. The number of Topliss-reactive ketones (excluding diaryl/α,β-unsaturated/α-hetero) is 1. The Labute approximate surface area is 200 Å². The third kappa shape index (κ3) is 4.87. The molecule has 1 N–H and O–H groups in total. The molecule has 2 unspecified atom stereocenters. The summed E-state index contributed by atoms with van der Waals surface area (Å²) in [6.45, 7) is 2.98. The van der Waals surface area contributed by atoms with Crippen molar-refractivity contribution in [2.45, 2.75) is 25.0 Å². The van der Waals surface area contributed by atoms with Gasteiger partial charge in [0.1, 0.15) is 18.8 Å². The number of pyridine rings is 1. The Kier molecular flexibility index (Phi) is 6.41. The Morgan fingerprint density at radius 1 is 0.941 bits per heavy atom. The Bertz CT molecular complexity index is 1110. The van der Waals surface area contributed by atoms with Gasteiger partial charge in [-0.1, -0.05) is 54.6 Å². The van der Waals surface area contributed by atoms with E-state index < -0.39 is 6.04 Å². The van der Waals surface area contributed by atoms with E-state index in [1.165, 1.54) is 0 Å². The number of esters is 1.